The molecule has 24 heavy (non-hydrogen) atoms. The van der Waals surface area contributed by atoms with Gasteiger partial charge in [-0.15, -0.1) is 0 Å². The van der Waals surface area contributed by atoms with Crippen LogP contribution in [0.4, 0.5) is 0 Å². The van der Waals surface area contributed by atoms with Crippen LogP contribution in [-0.4, -0.2) is 17.7 Å². The lowest BCUT2D eigenvalue weighted by molar-refractivity contribution is -0.164. The van der Waals surface area contributed by atoms with Crippen LogP contribution in [0.2, 0.25) is 0 Å². The van der Waals surface area contributed by atoms with Gasteiger partial charge in [-0.05, 0) is 45.1 Å². The molecule has 1 saturated carbocycles. The molecule has 2 heterocycles. The molecule has 3 aliphatic rings. The average Bonchev–Trinajstić information content (AvgIpc) is 3.17. The fourth-order valence-electron chi connectivity index (χ4n) is 4.96. The number of rotatable bonds is 2. The lowest BCUT2D eigenvalue weighted by Crippen LogP contribution is -2.54. The second kappa shape index (κ2) is 4.98. The molecule has 130 valence electrons. The molecule has 2 aliphatic carbocycles. The summed E-state index contributed by atoms with van der Waals surface area (Å²) in [6, 6.07) is 0. The number of hydrogen-bond acceptors (Lipinski definition) is 4. The summed E-state index contributed by atoms with van der Waals surface area (Å²) >= 11 is 0. The summed E-state index contributed by atoms with van der Waals surface area (Å²) in [4.78, 5) is 12.6. The summed E-state index contributed by atoms with van der Waals surface area (Å²) in [7, 11) is 0. The van der Waals surface area contributed by atoms with Crippen molar-refractivity contribution in [3.05, 3.63) is 34.8 Å². The third-order valence-electron chi connectivity index (χ3n) is 6.93. The molecule has 0 aromatic carbocycles. The van der Waals surface area contributed by atoms with E-state index in [1.54, 1.807) is 19.3 Å². The molecular formula is C20H26O4. The highest BCUT2D eigenvalue weighted by Gasteiger charge is 2.75. The van der Waals surface area contributed by atoms with Gasteiger partial charge >= 0.3 is 5.97 Å². The zero-order valence-electron chi connectivity index (χ0n) is 15.1. The first kappa shape index (κ1) is 15.9. The fourth-order valence-corrected chi connectivity index (χ4v) is 4.96. The van der Waals surface area contributed by atoms with Gasteiger partial charge in [0.15, 0.2) is 0 Å². The van der Waals surface area contributed by atoms with Gasteiger partial charge in [0.2, 0.25) is 0 Å². The first-order valence-corrected chi connectivity index (χ1v) is 8.93. The maximum Gasteiger partial charge on any atom is 0.334 e. The number of epoxide rings is 1. The predicted molar refractivity (Wildman–Crippen MR) is 89.5 cm³/mol. The minimum Gasteiger partial charge on any atom is -0.469 e. The van der Waals surface area contributed by atoms with E-state index in [4.69, 9.17) is 13.9 Å². The van der Waals surface area contributed by atoms with Crippen molar-refractivity contribution in [2.75, 3.05) is 0 Å². The van der Waals surface area contributed by atoms with Crippen LogP contribution in [0.1, 0.15) is 63.5 Å². The van der Waals surface area contributed by atoms with Crippen LogP contribution < -0.4 is 0 Å². The van der Waals surface area contributed by atoms with E-state index in [0.717, 1.165) is 36.1 Å². The first-order valence-electron chi connectivity index (χ1n) is 8.93. The summed E-state index contributed by atoms with van der Waals surface area (Å²) in [5, 5.41) is 0. The van der Waals surface area contributed by atoms with Crippen molar-refractivity contribution >= 4 is 5.97 Å². The number of aryl methyl sites for hydroxylation is 1. The number of carbonyl (C=O) groups excluding carboxylic acids is 1. The third-order valence-corrected chi connectivity index (χ3v) is 6.93. The minimum atomic E-state index is -0.317. The number of furan rings is 1. The van der Waals surface area contributed by atoms with Gasteiger partial charge < -0.3 is 13.9 Å². The highest BCUT2D eigenvalue weighted by Crippen LogP contribution is 2.69. The van der Waals surface area contributed by atoms with Gasteiger partial charge in [0.1, 0.15) is 17.5 Å². The Bertz CT molecular complexity index is 730. The Balaban J connectivity index is 1.83. The molecule has 0 N–H and O–H groups in total. The fraction of sp³-hybridized carbons (Fsp3) is 0.650. The Morgan fingerprint density at radius 2 is 2.17 bits per heavy atom. The van der Waals surface area contributed by atoms with Crippen molar-refractivity contribution in [1.29, 1.82) is 0 Å². The van der Waals surface area contributed by atoms with Crippen molar-refractivity contribution in [2.45, 2.75) is 71.7 Å². The van der Waals surface area contributed by atoms with E-state index in [1.165, 1.54) is 0 Å². The molecule has 0 radical (unpaired) electrons. The van der Waals surface area contributed by atoms with Crippen molar-refractivity contribution in [3.8, 4) is 0 Å². The van der Waals surface area contributed by atoms with Gasteiger partial charge in [0, 0.05) is 23.0 Å². The first-order chi connectivity index (χ1) is 11.3. The Kier molecular flexibility index (Phi) is 3.31. The third kappa shape index (κ3) is 1.81. The summed E-state index contributed by atoms with van der Waals surface area (Å²) in [6.07, 6.45) is 6.51. The molecule has 1 aliphatic heterocycles. The second-order valence-electron chi connectivity index (χ2n) is 7.95. The Morgan fingerprint density at radius 1 is 1.42 bits per heavy atom. The quantitative estimate of drug-likeness (QED) is 0.462. The minimum absolute atomic E-state index is 0.221. The average molecular weight is 330 g/mol. The molecule has 5 atom stereocenters. The highest BCUT2D eigenvalue weighted by molar-refractivity contribution is 5.88. The Labute approximate surface area is 143 Å². The second-order valence-corrected chi connectivity index (χ2v) is 7.95. The lowest BCUT2D eigenvalue weighted by Gasteiger charge is -2.50. The largest absolute Gasteiger partial charge is 0.469 e. The smallest absolute Gasteiger partial charge is 0.334 e. The number of carbonyl (C=O) groups is 1. The lowest BCUT2D eigenvalue weighted by atomic mass is 9.53. The van der Waals surface area contributed by atoms with Gasteiger partial charge in [-0.3, -0.25) is 0 Å². The summed E-state index contributed by atoms with van der Waals surface area (Å²) in [5.41, 5.74) is 2.30. The van der Waals surface area contributed by atoms with E-state index >= 15 is 0 Å². The predicted octanol–water partition coefficient (Wildman–Crippen LogP) is 4.27. The molecule has 2 fully saturated rings. The van der Waals surface area contributed by atoms with Crippen LogP contribution >= 0.6 is 0 Å². The zero-order chi connectivity index (χ0) is 17.3. The molecule has 0 amide bonds. The summed E-state index contributed by atoms with van der Waals surface area (Å²) in [5.74, 6) is 1.10. The van der Waals surface area contributed by atoms with Crippen LogP contribution in [0.15, 0.2) is 22.3 Å². The van der Waals surface area contributed by atoms with Crippen molar-refractivity contribution in [2.24, 2.45) is 11.3 Å². The molecule has 1 saturated heterocycles. The van der Waals surface area contributed by atoms with Crippen molar-refractivity contribution in [1.82, 2.24) is 0 Å². The van der Waals surface area contributed by atoms with Gasteiger partial charge in [-0.25, -0.2) is 4.79 Å². The highest BCUT2D eigenvalue weighted by atomic mass is 16.6. The van der Waals surface area contributed by atoms with Gasteiger partial charge in [-0.1, -0.05) is 19.9 Å². The molecular weight excluding hydrogens is 304 g/mol. The summed E-state index contributed by atoms with van der Waals surface area (Å²) < 4.78 is 18.2. The maximum atomic E-state index is 12.6. The normalized spacial score (nSPS) is 40.4. The SMILES string of the molecule is CC=C(C)C(=O)O[C@@H]1c2c(C)coc2C[C@]23O[C@H]2CC[C@H](C)[C@@]13C. The van der Waals surface area contributed by atoms with E-state index < -0.39 is 0 Å². The molecule has 0 bridgehead atoms. The standard InChI is InChI=1S/C20H26O4/c1-6-11(2)18(21)23-17-16-12(3)10-22-14(16)9-20-15(24-20)8-7-13(4)19(17,20)5/h6,10,13,15,17H,7-9H2,1-5H3/t13-,15-,17+,19-,20-/m0/s1. The summed E-state index contributed by atoms with van der Waals surface area (Å²) in [6.45, 7) is 10.2. The monoisotopic (exact) mass is 330 g/mol. The molecule has 4 nitrogen and oxygen atoms in total. The molecule has 0 unspecified atom stereocenters. The molecule has 4 rings (SSSR count). The van der Waals surface area contributed by atoms with Crippen molar-refractivity contribution < 1.29 is 18.7 Å². The van der Waals surface area contributed by atoms with Crippen LogP contribution in [0.5, 0.6) is 0 Å². The van der Waals surface area contributed by atoms with E-state index in [-0.39, 0.29) is 29.2 Å². The molecule has 1 aromatic heterocycles. The number of allylic oxidation sites excluding steroid dienone is 1. The molecule has 1 aromatic rings. The number of esters is 1. The van der Waals surface area contributed by atoms with Crippen molar-refractivity contribution in [3.63, 3.8) is 0 Å². The van der Waals surface area contributed by atoms with E-state index in [2.05, 4.69) is 13.8 Å². The topological polar surface area (TPSA) is 52.0 Å². The number of hydrogen-bond donors (Lipinski definition) is 0. The maximum absolute atomic E-state index is 12.6. The molecule has 4 heteroatoms. The molecule has 1 spiro atoms. The van der Waals surface area contributed by atoms with Crippen LogP contribution in [0.25, 0.3) is 0 Å². The zero-order valence-corrected chi connectivity index (χ0v) is 15.1. The number of ether oxygens (including phenoxy) is 2. The van der Waals surface area contributed by atoms with E-state index in [1.807, 2.05) is 13.8 Å². The number of fused-ring (bicyclic) bond motifs is 1. The van der Waals surface area contributed by atoms with Gasteiger partial charge in [-0.2, -0.15) is 0 Å². The van der Waals surface area contributed by atoms with E-state index in [9.17, 15) is 4.79 Å². The van der Waals surface area contributed by atoms with Gasteiger partial charge in [0.25, 0.3) is 0 Å². The van der Waals surface area contributed by atoms with Crippen LogP contribution in [0, 0.1) is 18.3 Å². The van der Waals surface area contributed by atoms with Gasteiger partial charge in [0.05, 0.1) is 12.4 Å². The van der Waals surface area contributed by atoms with E-state index in [0.29, 0.717) is 11.5 Å². The Morgan fingerprint density at radius 3 is 2.88 bits per heavy atom. The Hall–Kier alpha value is -1.55. The van der Waals surface area contributed by atoms with Crippen LogP contribution in [-0.2, 0) is 20.7 Å². The van der Waals surface area contributed by atoms with Crippen LogP contribution in [0.3, 0.4) is 0 Å².